The second kappa shape index (κ2) is 6.77. The van der Waals surface area contributed by atoms with Crippen LogP contribution in [0.2, 0.25) is 0 Å². The molecule has 2 nitrogen and oxygen atoms in total. The van der Waals surface area contributed by atoms with E-state index in [1.54, 1.807) is 0 Å². The molecule has 1 atom stereocenters. The fourth-order valence-electron chi connectivity index (χ4n) is 2.11. The SMILES string of the molecule is CCCC(N)(CCOC(C)C)c1ccccc1. The maximum absolute atomic E-state index is 6.54. The van der Waals surface area contributed by atoms with E-state index in [0.717, 1.165) is 25.9 Å². The highest BCUT2D eigenvalue weighted by molar-refractivity contribution is 5.23. The second-order valence-electron chi connectivity index (χ2n) is 4.94. The molecule has 0 aliphatic rings. The fourth-order valence-corrected chi connectivity index (χ4v) is 2.11. The van der Waals surface area contributed by atoms with Gasteiger partial charge in [-0.1, -0.05) is 43.7 Å². The van der Waals surface area contributed by atoms with Crippen molar-refractivity contribution in [3.8, 4) is 0 Å². The molecule has 0 aliphatic heterocycles. The Morgan fingerprint density at radius 2 is 1.82 bits per heavy atom. The number of ether oxygens (including phenoxy) is 1. The van der Waals surface area contributed by atoms with Crippen LogP contribution in [0.3, 0.4) is 0 Å². The van der Waals surface area contributed by atoms with Crippen LogP contribution in [0.4, 0.5) is 0 Å². The van der Waals surface area contributed by atoms with Crippen LogP contribution in [0.1, 0.15) is 45.6 Å². The summed E-state index contributed by atoms with van der Waals surface area (Å²) in [6.07, 6.45) is 3.24. The van der Waals surface area contributed by atoms with Crippen LogP contribution >= 0.6 is 0 Å². The Kier molecular flexibility index (Phi) is 5.66. The van der Waals surface area contributed by atoms with Gasteiger partial charge in [-0.05, 0) is 32.3 Å². The van der Waals surface area contributed by atoms with Crippen molar-refractivity contribution in [3.05, 3.63) is 35.9 Å². The Morgan fingerprint density at radius 1 is 1.18 bits per heavy atom. The van der Waals surface area contributed by atoms with Crippen molar-refractivity contribution in [1.82, 2.24) is 0 Å². The van der Waals surface area contributed by atoms with E-state index in [-0.39, 0.29) is 11.6 Å². The number of rotatable bonds is 7. The largest absolute Gasteiger partial charge is 0.379 e. The summed E-state index contributed by atoms with van der Waals surface area (Å²) >= 11 is 0. The molecule has 0 saturated heterocycles. The van der Waals surface area contributed by atoms with Gasteiger partial charge in [-0.2, -0.15) is 0 Å². The lowest BCUT2D eigenvalue weighted by Crippen LogP contribution is -2.38. The molecular weight excluding hydrogens is 210 g/mol. The lowest BCUT2D eigenvalue weighted by Gasteiger charge is -2.30. The van der Waals surface area contributed by atoms with E-state index in [0.29, 0.717) is 0 Å². The maximum atomic E-state index is 6.54. The first-order chi connectivity index (χ1) is 8.08. The standard InChI is InChI=1S/C15H25NO/c1-4-10-15(16,11-12-17-13(2)3)14-8-6-5-7-9-14/h5-9,13H,4,10-12,16H2,1-3H3. The molecule has 0 heterocycles. The van der Waals surface area contributed by atoms with Crippen molar-refractivity contribution in [3.63, 3.8) is 0 Å². The Labute approximate surface area is 105 Å². The molecule has 2 heteroatoms. The normalized spacial score (nSPS) is 14.9. The van der Waals surface area contributed by atoms with Gasteiger partial charge in [-0.15, -0.1) is 0 Å². The summed E-state index contributed by atoms with van der Waals surface area (Å²) in [5.41, 5.74) is 7.51. The predicted octanol–water partition coefficient (Wildman–Crippen LogP) is 3.46. The third-order valence-electron chi connectivity index (χ3n) is 3.04. The van der Waals surface area contributed by atoms with Crippen molar-refractivity contribution in [2.45, 2.75) is 51.7 Å². The van der Waals surface area contributed by atoms with Crippen LogP contribution in [0.25, 0.3) is 0 Å². The predicted molar refractivity (Wildman–Crippen MR) is 72.9 cm³/mol. The van der Waals surface area contributed by atoms with E-state index in [2.05, 4.69) is 45.0 Å². The summed E-state index contributed by atoms with van der Waals surface area (Å²) in [6, 6.07) is 10.4. The van der Waals surface area contributed by atoms with Gasteiger partial charge in [0.2, 0.25) is 0 Å². The first kappa shape index (κ1) is 14.2. The minimum Gasteiger partial charge on any atom is -0.379 e. The molecule has 17 heavy (non-hydrogen) atoms. The molecule has 0 radical (unpaired) electrons. The molecule has 0 bridgehead atoms. The number of hydrogen-bond acceptors (Lipinski definition) is 2. The lowest BCUT2D eigenvalue weighted by molar-refractivity contribution is 0.0630. The Morgan fingerprint density at radius 3 is 2.35 bits per heavy atom. The van der Waals surface area contributed by atoms with Crippen molar-refractivity contribution in [2.75, 3.05) is 6.61 Å². The Bertz CT molecular complexity index is 310. The van der Waals surface area contributed by atoms with Gasteiger partial charge in [0.25, 0.3) is 0 Å². The topological polar surface area (TPSA) is 35.2 Å². The van der Waals surface area contributed by atoms with E-state index in [9.17, 15) is 0 Å². The molecule has 0 spiro atoms. The molecule has 0 amide bonds. The van der Waals surface area contributed by atoms with E-state index in [1.165, 1.54) is 5.56 Å². The summed E-state index contributed by atoms with van der Waals surface area (Å²) in [7, 11) is 0. The molecule has 1 unspecified atom stereocenters. The summed E-state index contributed by atoms with van der Waals surface area (Å²) in [6.45, 7) is 7.01. The van der Waals surface area contributed by atoms with Crippen molar-refractivity contribution < 1.29 is 4.74 Å². The maximum Gasteiger partial charge on any atom is 0.0518 e. The fraction of sp³-hybridized carbons (Fsp3) is 0.600. The molecule has 96 valence electrons. The van der Waals surface area contributed by atoms with Crippen LogP contribution in [-0.2, 0) is 10.3 Å². The molecule has 0 saturated carbocycles. The van der Waals surface area contributed by atoms with Crippen molar-refractivity contribution >= 4 is 0 Å². The smallest absolute Gasteiger partial charge is 0.0518 e. The minimum absolute atomic E-state index is 0.245. The number of benzene rings is 1. The monoisotopic (exact) mass is 235 g/mol. The summed E-state index contributed by atoms with van der Waals surface area (Å²) in [4.78, 5) is 0. The van der Waals surface area contributed by atoms with Crippen LogP contribution in [0.5, 0.6) is 0 Å². The number of hydrogen-bond donors (Lipinski definition) is 1. The first-order valence-electron chi connectivity index (χ1n) is 6.54. The average molecular weight is 235 g/mol. The molecule has 1 aromatic carbocycles. The summed E-state index contributed by atoms with van der Waals surface area (Å²) < 4.78 is 5.63. The summed E-state index contributed by atoms with van der Waals surface area (Å²) in [5, 5.41) is 0. The Hall–Kier alpha value is -0.860. The lowest BCUT2D eigenvalue weighted by atomic mass is 9.84. The quantitative estimate of drug-likeness (QED) is 0.785. The van der Waals surface area contributed by atoms with Gasteiger partial charge < -0.3 is 10.5 Å². The van der Waals surface area contributed by atoms with E-state index in [1.807, 2.05) is 6.07 Å². The average Bonchev–Trinajstić information content (AvgIpc) is 2.30. The van der Waals surface area contributed by atoms with Crippen molar-refractivity contribution in [2.24, 2.45) is 5.73 Å². The summed E-state index contributed by atoms with van der Waals surface area (Å²) in [5.74, 6) is 0. The third-order valence-corrected chi connectivity index (χ3v) is 3.04. The van der Waals surface area contributed by atoms with Gasteiger partial charge >= 0.3 is 0 Å². The van der Waals surface area contributed by atoms with Crippen molar-refractivity contribution in [1.29, 1.82) is 0 Å². The third kappa shape index (κ3) is 4.49. The van der Waals surface area contributed by atoms with Crippen LogP contribution < -0.4 is 5.73 Å². The molecule has 0 aliphatic carbocycles. The number of nitrogens with two attached hydrogens (primary N) is 1. The highest BCUT2D eigenvalue weighted by Crippen LogP contribution is 2.27. The molecule has 1 aromatic rings. The molecular formula is C15H25NO. The molecule has 0 fully saturated rings. The van der Waals surface area contributed by atoms with E-state index in [4.69, 9.17) is 10.5 Å². The molecule has 1 rings (SSSR count). The zero-order valence-corrected chi connectivity index (χ0v) is 11.3. The molecule has 2 N–H and O–H groups in total. The van der Waals surface area contributed by atoms with Crippen LogP contribution in [0, 0.1) is 0 Å². The highest BCUT2D eigenvalue weighted by Gasteiger charge is 2.25. The van der Waals surface area contributed by atoms with Gasteiger partial charge in [-0.3, -0.25) is 0 Å². The van der Waals surface area contributed by atoms with Crippen LogP contribution in [-0.4, -0.2) is 12.7 Å². The van der Waals surface area contributed by atoms with Crippen LogP contribution in [0.15, 0.2) is 30.3 Å². The minimum atomic E-state index is -0.245. The van der Waals surface area contributed by atoms with E-state index >= 15 is 0 Å². The van der Waals surface area contributed by atoms with Gasteiger partial charge in [-0.25, -0.2) is 0 Å². The van der Waals surface area contributed by atoms with Gasteiger partial charge in [0, 0.05) is 12.1 Å². The van der Waals surface area contributed by atoms with Gasteiger partial charge in [0.15, 0.2) is 0 Å². The van der Waals surface area contributed by atoms with E-state index < -0.39 is 0 Å². The first-order valence-corrected chi connectivity index (χ1v) is 6.54. The molecule has 0 aromatic heterocycles. The second-order valence-corrected chi connectivity index (χ2v) is 4.94. The van der Waals surface area contributed by atoms with Gasteiger partial charge in [0.1, 0.15) is 0 Å². The highest BCUT2D eigenvalue weighted by atomic mass is 16.5. The zero-order valence-electron chi connectivity index (χ0n) is 11.3. The Balaban J connectivity index is 2.68. The zero-order chi connectivity index (χ0) is 12.7. The van der Waals surface area contributed by atoms with Gasteiger partial charge in [0.05, 0.1) is 6.10 Å².